The highest BCUT2D eigenvalue weighted by atomic mass is 35.5. The predicted molar refractivity (Wildman–Crippen MR) is 108 cm³/mol. The van der Waals surface area contributed by atoms with Crippen molar-refractivity contribution in [3.63, 3.8) is 0 Å². The maximum absolute atomic E-state index is 12.3. The molecule has 3 aromatic carbocycles. The van der Waals surface area contributed by atoms with Crippen LogP contribution in [0.3, 0.4) is 0 Å². The van der Waals surface area contributed by atoms with Crippen LogP contribution in [-0.4, -0.2) is 27.6 Å². The molecule has 3 aromatic rings. The maximum Gasteiger partial charge on any atom is 0.340 e. The fraction of sp³-hybridized carbons (Fsp3) is 0.0952. The number of hydrogen-bond donors (Lipinski definition) is 0. The summed E-state index contributed by atoms with van der Waals surface area (Å²) in [5, 5.41) is 0.0606. The molecule has 0 fully saturated rings. The van der Waals surface area contributed by atoms with E-state index in [1.54, 1.807) is 24.3 Å². The van der Waals surface area contributed by atoms with E-state index < -0.39 is 16.1 Å². The van der Waals surface area contributed by atoms with E-state index in [-0.39, 0.29) is 34.4 Å². The lowest BCUT2D eigenvalue weighted by Crippen LogP contribution is -2.13. The molecular formula is C21H17ClO6S. The number of carbonyl (C=O) groups excluding carboxylic acids is 1. The van der Waals surface area contributed by atoms with Crippen molar-refractivity contribution < 1.29 is 26.9 Å². The average Bonchev–Trinajstić information content (AvgIpc) is 2.72. The van der Waals surface area contributed by atoms with Crippen molar-refractivity contribution in [1.29, 1.82) is 0 Å². The summed E-state index contributed by atoms with van der Waals surface area (Å²) >= 11 is 5.91. The third kappa shape index (κ3) is 5.73. The van der Waals surface area contributed by atoms with Crippen molar-refractivity contribution in [2.75, 3.05) is 13.2 Å². The monoisotopic (exact) mass is 432 g/mol. The van der Waals surface area contributed by atoms with E-state index in [1.165, 1.54) is 36.4 Å². The Bertz CT molecular complexity index is 1070. The number of hydrogen-bond acceptors (Lipinski definition) is 6. The zero-order valence-electron chi connectivity index (χ0n) is 15.2. The minimum Gasteiger partial charge on any atom is -0.490 e. The van der Waals surface area contributed by atoms with Gasteiger partial charge in [-0.05, 0) is 48.5 Å². The number of para-hydroxylation sites is 1. The van der Waals surface area contributed by atoms with E-state index in [1.807, 2.05) is 18.2 Å². The van der Waals surface area contributed by atoms with Crippen LogP contribution in [-0.2, 0) is 14.9 Å². The highest BCUT2D eigenvalue weighted by Gasteiger charge is 2.20. The number of rotatable bonds is 8. The normalized spacial score (nSPS) is 10.9. The molecule has 0 radical (unpaired) electrons. The van der Waals surface area contributed by atoms with Crippen LogP contribution >= 0.6 is 11.6 Å². The second-order valence-electron chi connectivity index (χ2n) is 5.79. The first-order valence-electron chi connectivity index (χ1n) is 8.60. The zero-order chi connectivity index (χ0) is 20.7. The summed E-state index contributed by atoms with van der Waals surface area (Å²) in [6, 6.07) is 20.7. The van der Waals surface area contributed by atoms with E-state index in [9.17, 15) is 13.2 Å². The summed E-state index contributed by atoms with van der Waals surface area (Å²) in [7, 11) is -4.09. The number of esters is 1. The number of benzene rings is 3. The fourth-order valence-electron chi connectivity index (χ4n) is 2.36. The first-order chi connectivity index (χ1) is 14.0. The molecule has 150 valence electrons. The van der Waals surface area contributed by atoms with Crippen molar-refractivity contribution in [3.8, 4) is 11.5 Å². The van der Waals surface area contributed by atoms with Gasteiger partial charge in [-0.15, -0.1) is 0 Å². The Labute approximate surface area is 173 Å². The average molecular weight is 433 g/mol. The third-order valence-electron chi connectivity index (χ3n) is 3.73. The molecule has 3 rings (SSSR count). The molecule has 0 aliphatic rings. The van der Waals surface area contributed by atoms with Crippen molar-refractivity contribution in [1.82, 2.24) is 0 Å². The molecule has 0 amide bonds. The van der Waals surface area contributed by atoms with E-state index >= 15 is 0 Å². The highest BCUT2D eigenvalue weighted by molar-refractivity contribution is 7.87. The lowest BCUT2D eigenvalue weighted by Gasteiger charge is -2.09. The van der Waals surface area contributed by atoms with Gasteiger partial charge in [0.15, 0.2) is 0 Å². The van der Waals surface area contributed by atoms with Gasteiger partial charge in [0.05, 0.1) is 10.6 Å². The van der Waals surface area contributed by atoms with Gasteiger partial charge in [-0.3, -0.25) is 0 Å². The highest BCUT2D eigenvalue weighted by Crippen LogP contribution is 2.25. The van der Waals surface area contributed by atoms with E-state index in [0.717, 1.165) is 0 Å². The van der Waals surface area contributed by atoms with Crippen LogP contribution in [0.15, 0.2) is 83.8 Å². The Morgan fingerprint density at radius 2 is 1.45 bits per heavy atom. The van der Waals surface area contributed by atoms with Gasteiger partial charge in [0.25, 0.3) is 0 Å². The van der Waals surface area contributed by atoms with Gasteiger partial charge in [0.1, 0.15) is 29.6 Å². The number of carbonyl (C=O) groups is 1. The number of halogens is 1. The van der Waals surface area contributed by atoms with Crippen LogP contribution in [0.5, 0.6) is 11.5 Å². The molecule has 29 heavy (non-hydrogen) atoms. The standard InChI is InChI=1S/C21H17ClO6S/c22-19-8-4-5-9-20(19)29(24,25)28-18-12-10-16(11-13-18)21(23)27-15-14-26-17-6-2-1-3-7-17/h1-13H,14-15H2. The molecule has 0 spiro atoms. The largest absolute Gasteiger partial charge is 0.490 e. The summed E-state index contributed by atoms with van der Waals surface area (Å²) in [6.45, 7) is 0.292. The molecule has 0 heterocycles. The summed E-state index contributed by atoms with van der Waals surface area (Å²) < 4.78 is 40.3. The van der Waals surface area contributed by atoms with Crippen LogP contribution in [0.1, 0.15) is 10.4 Å². The first-order valence-corrected chi connectivity index (χ1v) is 10.4. The smallest absolute Gasteiger partial charge is 0.340 e. The van der Waals surface area contributed by atoms with Crippen LogP contribution in [0.4, 0.5) is 0 Å². The van der Waals surface area contributed by atoms with Crippen LogP contribution < -0.4 is 8.92 Å². The van der Waals surface area contributed by atoms with E-state index in [0.29, 0.717) is 5.75 Å². The first kappa shape index (κ1) is 20.7. The second-order valence-corrected chi connectivity index (χ2v) is 7.71. The molecule has 0 aliphatic carbocycles. The molecule has 6 nitrogen and oxygen atoms in total. The topological polar surface area (TPSA) is 78.9 Å². The van der Waals surface area contributed by atoms with Gasteiger partial charge in [-0.1, -0.05) is 41.9 Å². The van der Waals surface area contributed by atoms with E-state index in [4.69, 9.17) is 25.3 Å². The molecule has 0 N–H and O–H groups in total. The number of ether oxygens (including phenoxy) is 2. The molecular weight excluding hydrogens is 416 g/mol. The summed E-state index contributed by atoms with van der Waals surface area (Å²) in [6.07, 6.45) is 0. The van der Waals surface area contributed by atoms with Gasteiger partial charge in [0.2, 0.25) is 0 Å². The predicted octanol–water partition coefficient (Wildman–Crippen LogP) is 4.34. The van der Waals surface area contributed by atoms with Crippen molar-refractivity contribution in [2.24, 2.45) is 0 Å². The minimum absolute atomic E-state index is 0.0499. The summed E-state index contributed by atoms with van der Waals surface area (Å²) in [4.78, 5) is 11.9. The van der Waals surface area contributed by atoms with Gasteiger partial charge in [-0.25, -0.2) is 4.79 Å². The summed E-state index contributed by atoms with van der Waals surface area (Å²) in [5.74, 6) is 0.181. The molecule has 0 unspecified atom stereocenters. The quantitative estimate of drug-likeness (QED) is 0.299. The minimum atomic E-state index is -4.09. The van der Waals surface area contributed by atoms with Crippen LogP contribution in [0, 0.1) is 0 Å². The molecule has 0 saturated heterocycles. The van der Waals surface area contributed by atoms with Crippen molar-refractivity contribution in [2.45, 2.75) is 4.90 Å². The van der Waals surface area contributed by atoms with Gasteiger partial charge in [-0.2, -0.15) is 8.42 Å². The van der Waals surface area contributed by atoms with Gasteiger partial charge < -0.3 is 13.7 Å². The SMILES string of the molecule is O=C(OCCOc1ccccc1)c1ccc(OS(=O)(=O)c2ccccc2Cl)cc1. The third-order valence-corrected chi connectivity index (χ3v) is 5.48. The molecule has 0 aliphatic heterocycles. The summed E-state index contributed by atoms with van der Waals surface area (Å²) in [5.41, 5.74) is 0.257. The van der Waals surface area contributed by atoms with Crippen LogP contribution in [0.25, 0.3) is 0 Å². The second kappa shape index (κ2) is 9.45. The van der Waals surface area contributed by atoms with Crippen LogP contribution in [0.2, 0.25) is 5.02 Å². The Morgan fingerprint density at radius 1 is 0.793 bits per heavy atom. The zero-order valence-corrected chi connectivity index (χ0v) is 16.7. The molecule has 0 saturated carbocycles. The molecule has 0 bridgehead atoms. The maximum atomic E-state index is 12.3. The fourth-order valence-corrected chi connectivity index (χ4v) is 3.79. The van der Waals surface area contributed by atoms with Crippen molar-refractivity contribution in [3.05, 3.63) is 89.4 Å². The molecule has 0 atom stereocenters. The Balaban J connectivity index is 1.54. The van der Waals surface area contributed by atoms with Crippen molar-refractivity contribution >= 4 is 27.7 Å². The van der Waals surface area contributed by atoms with E-state index in [2.05, 4.69) is 0 Å². The lowest BCUT2D eigenvalue weighted by atomic mass is 10.2. The Kier molecular flexibility index (Phi) is 6.74. The Hall–Kier alpha value is -3.03. The van der Waals surface area contributed by atoms with Gasteiger partial charge in [0, 0.05) is 0 Å². The molecule has 8 heteroatoms. The lowest BCUT2D eigenvalue weighted by molar-refractivity contribution is 0.0450. The van der Waals surface area contributed by atoms with Gasteiger partial charge >= 0.3 is 16.1 Å². The Morgan fingerprint density at radius 3 is 2.14 bits per heavy atom. The molecule has 0 aromatic heterocycles.